The van der Waals surface area contributed by atoms with Crippen molar-refractivity contribution in [1.29, 1.82) is 0 Å². The molecule has 3 aromatic carbocycles. The molecular weight excluding hydrogens is 526 g/mol. The average molecular weight is 554 g/mol. The maximum atomic E-state index is 13.9. The van der Waals surface area contributed by atoms with Crippen LogP contribution in [0.4, 0.5) is 0 Å². The molecule has 0 saturated carbocycles. The van der Waals surface area contributed by atoms with Crippen LogP contribution in [-0.4, -0.2) is 50.0 Å². The van der Waals surface area contributed by atoms with Gasteiger partial charge in [0.1, 0.15) is 11.5 Å². The zero-order valence-corrected chi connectivity index (χ0v) is 22.6. The molecule has 0 atom stereocenters. The second kappa shape index (κ2) is 10.9. The van der Waals surface area contributed by atoms with Crippen LogP contribution in [0.2, 0.25) is 0 Å². The fourth-order valence-electron chi connectivity index (χ4n) is 4.74. The maximum absolute atomic E-state index is 13.9. The minimum absolute atomic E-state index is 0.0445. The molecule has 0 bridgehead atoms. The molecule has 1 aromatic heterocycles. The number of carboxylic acids is 1. The standard InChI is InChI=1S/C28H27NO9S/c1-16-12-18(27(30)31)13-17(2)26(16)38-28(32)24-20-8-5-6-9-22(20)29(10-7-11-39(33,34)35)25-21(24)14-19(36-3)15-23(25)37-4/h5-6,8-9,12-15H,7,10-11H2,1-4H3,(H-,30,31,33,34,35). The van der Waals surface area contributed by atoms with Crippen molar-refractivity contribution in [1.82, 2.24) is 0 Å². The summed E-state index contributed by atoms with van der Waals surface area (Å²) < 4.78 is 52.6. The smallest absolute Gasteiger partial charge is 0.345 e. The number of carbonyl (C=O) groups is 2. The first-order valence-electron chi connectivity index (χ1n) is 12.0. The van der Waals surface area contributed by atoms with Gasteiger partial charge >= 0.3 is 11.9 Å². The topological polar surface area (TPSA) is 143 Å². The number of hydrogen-bond acceptors (Lipinski definition) is 8. The molecule has 0 aliphatic rings. The molecule has 10 nitrogen and oxygen atoms in total. The Kier molecular flexibility index (Phi) is 7.75. The monoisotopic (exact) mass is 553 g/mol. The van der Waals surface area contributed by atoms with Crippen LogP contribution in [0.1, 0.15) is 38.3 Å². The van der Waals surface area contributed by atoms with E-state index in [1.54, 1.807) is 50.2 Å². The van der Waals surface area contributed by atoms with Crippen LogP contribution < -0.4 is 18.8 Å². The molecule has 4 aromatic rings. The number of carboxylic acid groups (broad SMARTS) is 1. The van der Waals surface area contributed by atoms with Crippen molar-refractivity contribution in [2.24, 2.45) is 0 Å². The summed E-state index contributed by atoms with van der Waals surface area (Å²) in [6.07, 6.45) is 0.0445. The van der Waals surface area contributed by atoms with Gasteiger partial charge in [-0.3, -0.25) is 0 Å². The summed E-state index contributed by atoms with van der Waals surface area (Å²) >= 11 is 0. The van der Waals surface area contributed by atoms with Gasteiger partial charge in [-0.05, 0) is 49.2 Å². The van der Waals surface area contributed by atoms with E-state index in [9.17, 15) is 27.7 Å². The molecule has 0 unspecified atom stereocenters. The van der Waals surface area contributed by atoms with Crippen molar-refractivity contribution in [3.8, 4) is 17.2 Å². The van der Waals surface area contributed by atoms with E-state index in [1.807, 2.05) is 4.57 Å². The van der Waals surface area contributed by atoms with Crippen molar-refractivity contribution >= 4 is 43.9 Å². The van der Waals surface area contributed by atoms with Crippen LogP contribution in [0, 0.1) is 13.8 Å². The van der Waals surface area contributed by atoms with Gasteiger partial charge in [-0.15, -0.1) is 0 Å². The number of hydrogen-bond donors (Lipinski definition) is 1. The normalized spacial score (nSPS) is 11.5. The average Bonchev–Trinajstić information content (AvgIpc) is 2.88. The van der Waals surface area contributed by atoms with Crippen molar-refractivity contribution in [3.05, 3.63) is 70.8 Å². The van der Waals surface area contributed by atoms with Crippen LogP contribution in [0.3, 0.4) is 0 Å². The highest BCUT2D eigenvalue weighted by Gasteiger charge is 2.29. The molecule has 1 N–H and O–H groups in total. The van der Waals surface area contributed by atoms with Gasteiger partial charge in [0, 0.05) is 24.3 Å². The van der Waals surface area contributed by atoms with Gasteiger partial charge in [0.05, 0.1) is 46.2 Å². The SMILES string of the molecule is COc1cc(OC)c2c(c1)c(C(=O)Oc1c(C)cc(C(=O)O)cc1C)c1ccccc1[n+]2CCCS(=O)(=O)[O-]. The number of methoxy groups -OCH3 is 2. The number of benzene rings is 3. The Labute approximate surface area is 225 Å². The van der Waals surface area contributed by atoms with Gasteiger partial charge in [-0.2, -0.15) is 4.57 Å². The van der Waals surface area contributed by atoms with Crippen molar-refractivity contribution < 1.29 is 46.4 Å². The number of ether oxygens (including phenoxy) is 3. The summed E-state index contributed by atoms with van der Waals surface area (Å²) in [4.78, 5) is 25.3. The van der Waals surface area contributed by atoms with Crippen molar-refractivity contribution in [2.45, 2.75) is 26.8 Å². The summed E-state index contributed by atoms with van der Waals surface area (Å²) in [5, 5.41) is 10.3. The lowest BCUT2D eigenvalue weighted by atomic mass is 10.0. The van der Waals surface area contributed by atoms with E-state index in [0.29, 0.717) is 44.4 Å². The van der Waals surface area contributed by atoms with Gasteiger partial charge in [0.2, 0.25) is 5.52 Å². The van der Waals surface area contributed by atoms with Crippen LogP contribution in [-0.2, 0) is 16.7 Å². The third-order valence-electron chi connectivity index (χ3n) is 6.39. The molecule has 0 amide bonds. The zero-order chi connectivity index (χ0) is 28.5. The quantitative estimate of drug-likeness (QED) is 0.108. The molecule has 0 fully saturated rings. The minimum atomic E-state index is -4.43. The third-order valence-corrected chi connectivity index (χ3v) is 7.18. The predicted molar refractivity (Wildman–Crippen MR) is 142 cm³/mol. The number of rotatable bonds is 9. The van der Waals surface area contributed by atoms with Gasteiger partial charge in [-0.25, -0.2) is 18.0 Å². The molecule has 0 spiro atoms. The number of aromatic carboxylic acids is 1. The molecular formula is C28H27NO9S. The van der Waals surface area contributed by atoms with Gasteiger partial charge in [0.15, 0.2) is 12.3 Å². The van der Waals surface area contributed by atoms with E-state index in [4.69, 9.17) is 14.2 Å². The fraction of sp³-hybridized carbons (Fsp3) is 0.250. The van der Waals surface area contributed by atoms with Crippen LogP contribution in [0.15, 0.2) is 48.5 Å². The molecule has 39 heavy (non-hydrogen) atoms. The summed E-state index contributed by atoms with van der Waals surface area (Å²) in [6, 6.07) is 13.2. The molecule has 1 heterocycles. The number of fused-ring (bicyclic) bond motifs is 2. The lowest BCUT2D eigenvalue weighted by Crippen LogP contribution is -2.38. The number of aryl methyl sites for hydroxylation is 3. The van der Waals surface area contributed by atoms with E-state index in [-0.39, 0.29) is 29.8 Å². The van der Waals surface area contributed by atoms with Crippen LogP contribution in [0.25, 0.3) is 21.8 Å². The Hall–Kier alpha value is -4.22. The second-order valence-electron chi connectivity index (χ2n) is 9.02. The van der Waals surface area contributed by atoms with Crippen molar-refractivity contribution in [2.75, 3.05) is 20.0 Å². The molecule has 0 aliphatic heterocycles. The highest BCUT2D eigenvalue weighted by atomic mass is 32.2. The summed E-state index contributed by atoms with van der Waals surface area (Å²) in [6.45, 7) is 3.48. The number of nitrogens with zero attached hydrogens (tertiary/aromatic N) is 1. The van der Waals surface area contributed by atoms with Crippen LogP contribution in [0.5, 0.6) is 17.2 Å². The number of esters is 1. The van der Waals surface area contributed by atoms with E-state index in [1.165, 1.54) is 26.4 Å². The lowest BCUT2D eigenvalue weighted by molar-refractivity contribution is -0.645. The predicted octanol–water partition coefficient (Wildman–Crippen LogP) is 3.77. The number of carbonyl (C=O) groups excluding carboxylic acids is 1. The largest absolute Gasteiger partial charge is 0.748 e. The first-order chi connectivity index (χ1) is 18.4. The highest BCUT2D eigenvalue weighted by molar-refractivity contribution is 7.85. The van der Waals surface area contributed by atoms with Crippen molar-refractivity contribution in [3.63, 3.8) is 0 Å². The third kappa shape index (κ3) is 5.64. The molecule has 204 valence electrons. The zero-order valence-electron chi connectivity index (χ0n) is 21.8. The minimum Gasteiger partial charge on any atom is -0.748 e. The lowest BCUT2D eigenvalue weighted by Gasteiger charge is -2.16. The van der Waals surface area contributed by atoms with Gasteiger partial charge < -0.3 is 23.9 Å². The Morgan fingerprint density at radius 3 is 2.23 bits per heavy atom. The Morgan fingerprint density at radius 1 is 0.974 bits per heavy atom. The van der Waals surface area contributed by atoms with E-state index < -0.39 is 27.8 Å². The Bertz CT molecular complexity index is 1710. The van der Waals surface area contributed by atoms with Crippen LogP contribution >= 0.6 is 0 Å². The fourth-order valence-corrected chi connectivity index (χ4v) is 5.22. The summed E-state index contributed by atoms with van der Waals surface area (Å²) in [5.41, 5.74) is 2.34. The van der Waals surface area contributed by atoms with E-state index >= 15 is 0 Å². The van der Waals surface area contributed by atoms with E-state index in [2.05, 4.69) is 0 Å². The molecule has 0 saturated heterocycles. The van der Waals surface area contributed by atoms with Gasteiger partial charge in [0.25, 0.3) is 5.52 Å². The number of pyridine rings is 1. The second-order valence-corrected chi connectivity index (χ2v) is 10.5. The maximum Gasteiger partial charge on any atom is 0.345 e. The van der Waals surface area contributed by atoms with E-state index in [0.717, 1.165) is 0 Å². The Morgan fingerprint density at radius 2 is 1.64 bits per heavy atom. The Balaban J connectivity index is 1.98. The van der Waals surface area contributed by atoms with Gasteiger partial charge in [-0.1, -0.05) is 12.1 Å². The summed E-state index contributed by atoms with van der Waals surface area (Å²) in [5.74, 6) is -1.30. The number of aromatic nitrogens is 1. The summed E-state index contributed by atoms with van der Waals surface area (Å²) in [7, 11) is -1.49. The molecule has 0 radical (unpaired) electrons. The first-order valence-corrected chi connectivity index (χ1v) is 13.5. The molecule has 11 heteroatoms. The molecule has 4 rings (SSSR count). The highest BCUT2D eigenvalue weighted by Crippen LogP contribution is 2.36. The first kappa shape index (κ1) is 27.8. The number of para-hydroxylation sites is 1. The molecule has 0 aliphatic carbocycles.